The maximum Gasteiger partial charge on any atom is 0.185 e. The van der Waals surface area contributed by atoms with Crippen molar-refractivity contribution in [3.05, 3.63) is 432 Å². The summed E-state index contributed by atoms with van der Waals surface area (Å²) in [5, 5.41) is 9.81. The van der Waals surface area contributed by atoms with Gasteiger partial charge in [0.1, 0.15) is 74.1 Å². The van der Waals surface area contributed by atoms with Crippen molar-refractivity contribution in [2.45, 2.75) is 58.9 Å². The van der Waals surface area contributed by atoms with E-state index in [4.69, 9.17) is 28.4 Å². The normalized spacial score (nSPS) is 13.1. The number of ether oxygens (including phenoxy) is 6. The van der Waals surface area contributed by atoms with Crippen LogP contribution in [0.3, 0.4) is 0 Å². The van der Waals surface area contributed by atoms with Crippen LogP contribution in [-0.4, -0.2) is 24.1 Å². The number of para-hydroxylation sites is 8. The van der Waals surface area contributed by atoms with Crippen molar-refractivity contribution in [2.24, 2.45) is 0 Å². The van der Waals surface area contributed by atoms with Gasteiger partial charge in [-0.15, -0.1) is 0 Å². The van der Waals surface area contributed by atoms with E-state index >= 15 is 0 Å². The van der Waals surface area contributed by atoms with Crippen molar-refractivity contribution >= 4 is 105 Å². The molecule has 1 saturated carbocycles. The quantitative estimate of drug-likeness (QED) is 0.0557. The summed E-state index contributed by atoms with van der Waals surface area (Å²) in [7, 11) is 0. The predicted octanol–water partition coefficient (Wildman–Crippen LogP) is 26.8. The molecule has 0 radical (unpaired) electrons. The fourth-order valence-corrected chi connectivity index (χ4v) is 17.4. The van der Waals surface area contributed by atoms with Crippen LogP contribution in [0.25, 0.3) is 122 Å². The van der Waals surface area contributed by atoms with E-state index in [1.165, 1.54) is 87.2 Å². The van der Waals surface area contributed by atoms with Gasteiger partial charge in [-0.2, -0.15) is 0 Å². The summed E-state index contributed by atoms with van der Waals surface area (Å²) >= 11 is 0. The van der Waals surface area contributed by atoms with E-state index in [1.807, 2.05) is 97.1 Å². The minimum atomic E-state index is 0.0628. The Hall–Kier alpha value is -15.3. The number of hydrogen-bond acceptors (Lipinski definition) is 7. The lowest BCUT2D eigenvalue weighted by Gasteiger charge is -2.17. The van der Waals surface area contributed by atoms with Gasteiger partial charge in [-0.25, -0.2) is 0 Å². The van der Waals surface area contributed by atoms with Crippen molar-refractivity contribution in [3.8, 4) is 57.2 Å². The lowest BCUT2D eigenvalue weighted by atomic mass is 9.87. The molecule has 16 aromatic carbocycles. The van der Waals surface area contributed by atoms with E-state index in [-0.39, 0.29) is 19.0 Å². The summed E-state index contributed by atoms with van der Waals surface area (Å²) in [6.07, 6.45) is 6.29. The summed E-state index contributed by atoms with van der Waals surface area (Å²) in [5.74, 6) is 4.13. The molecule has 4 heterocycles. The zero-order valence-corrected chi connectivity index (χ0v) is 66.5. The van der Waals surface area contributed by atoms with Gasteiger partial charge in [0.15, 0.2) is 5.78 Å². The molecule has 0 saturated heterocycles. The molecule has 1 aliphatic carbocycles. The van der Waals surface area contributed by atoms with Crippen molar-refractivity contribution < 1.29 is 33.2 Å². The highest BCUT2D eigenvalue weighted by atomic mass is 16.5. The van der Waals surface area contributed by atoms with Gasteiger partial charge in [0.2, 0.25) is 0 Å². The molecule has 0 aliphatic heterocycles. The minimum absolute atomic E-state index is 0.0628. The standard InChI is InChI=1S/C110H82N4O7/c115-110-82(60-74-44-56-88(57-45-74)116-72-80-62-90(118-68-76-36-48-84(49-37-76)111-102-28-9-1-20-94(102)95-21-2-10-29-103(95)111)66-91(63-80)119-69-77-38-50-85(51-39-77)112-104-30-11-3-22-96(104)97-23-4-12-31-105(97)112)18-17-19-83(110)61-75-46-58-89(59-47-75)117-73-81-64-92(120-70-78-40-52-86(53-41-78)113-106-32-13-5-24-98(106)99-25-6-14-33-107(99)113)67-93(65-81)121-71-79-42-54-87(55-43-79)114-108-34-15-7-26-100(108)101-27-8-16-35-109(101)114/h1-16,20-67H,17-19,68-73H2/b82-60+,83-61+. The largest absolute Gasteiger partial charge is 0.489 e. The highest BCUT2D eigenvalue weighted by molar-refractivity contribution is 6.15. The van der Waals surface area contributed by atoms with Gasteiger partial charge >= 0.3 is 0 Å². The molecule has 584 valence electrons. The average Bonchev–Trinajstić information content (AvgIpc) is 1.62. The lowest BCUT2D eigenvalue weighted by molar-refractivity contribution is -0.112. The maximum atomic E-state index is 14.3. The van der Waals surface area contributed by atoms with Crippen molar-refractivity contribution in [2.75, 3.05) is 0 Å². The molecular formula is C110H82N4O7. The monoisotopic (exact) mass is 1570 g/mol. The number of Topliss-reactive ketones (excluding diaryl/α,β-unsaturated/α-hetero) is 1. The van der Waals surface area contributed by atoms with Crippen LogP contribution in [0.4, 0.5) is 0 Å². The molecule has 11 nitrogen and oxygen atoms in total. The van der Waals surface area contributed by atoms with Crippen LogP contribution in [0.5, 0.6) is 34.5 Å². The van der Waals surface area contributed by atoms with Crippen LogP contribution in [0.2, 0.25) is 0 Å². The number of nitrogens with zero attached hydrogens (tertiary/aromatic N) is 4. The number of benzene rings is 16. The first kappa shape index (κ1) is 73.3. The van der Waals surface area contributed by atoms with Crippen LogP contribution in [0, 0.1) is 0 Å². The molecule has 1 fully saturated rings. The number of ketones is 1. The Labute approximate surface area is 700 Å². The lowest BCUT2D eigenvalue weighted by Crippen LogP contribution is -2.12. The fraction of sp³-hybridized carbons (Fsp3) is 0.0818. The SMILES string of the molecule is O=C1/C(=C/c2ccc(OCc3cc(OCc4ccc(-n5c6ccccc6c6ccccc65)cc4)cc(OCc4ccc(-n5c6ccccc6c6ccccc65)cc4)c3)cc2)CCC/C1=C\c1ccc(OCc2cc(OCc3ccc(-n4c5ccccc5c5ccccc54)cc3)cc(OCc3ccc(-n4c5ccccc5c5ccccc54)cc3)c2)cc1. The Balaban J connectivity index is 0.481. The molecule has 0 amide bonds. The number of carbonyl (C=O) groups excluding carboxylic acids is 1. The third-order valence-corrected chi connectivity index (χ3v) is 23.3. The molecule has 1 aliphatic rings. The third-order valence-electron chi connectivity index (χ3n) is 23.3. The number of aromatic nitrogens is 4. The molecule has 21 rings (SSSR count). The van der Waals surface area contributed by atoms with Crippen molar-refractivity contribution in [1.82, 2.24) is 18.3 Å². The molecule has 0 N–H and O–H groups in total. The predicted molar refractivity (Wildman–Crippen MR) is 490 cm³/mol. The molecule has 0 unspecified atom stereocenters. The Morgan fingerprint density at radius 2 is 0.421 bits per heavy atom. The van der Waals surface area contributed by atoms with Crippen LogP contribution in [0.15, 0.2) is 387 Å². The number of hydrogen-bond donors (Lipinski definition) is 0. The van der Waals surface area contributed by atoms with E-state index in [0.717, 1.165) is 84.8 Å². The van der Waals surface area contributed by atoms with Crippen molar-refractivity contribution in [3.63, 3.8) is 0 Å². The zero-order valence-electron chi connectivity index (χ0n) is 66.5. The zero-order chi connectivity index (χ0) is 80.5. The summed E-state index contributed by atoms with van der Waals surface area (Å²) in [6, 6.07) is 131. The highest BCUT2D eigenvalue weighted by Crippen LogP contribution is 2.39. The smallest absolute Gasteiger partial charge is 0.185 e. The Morgan fingerprint density at radius 3 is 0.653 bits per heavy atom. The fourth-order valence-electron chi connectivity index (χ4n) is 17.4. The van der Waals surface area contributed by atoms with Gasteiger partial charge in [-0.05, 0) is 222 Å². The third kappa shape index (κ3) is 14.8. The second-order valence-electron chi connectivity index (χ2n) is 31.2. The summed E-state index contributed by atoms with van der Waals surface area (Å²) < 4.78 is 48.8. The van der Waals surface area contributed by atoms with Crippen LogP contribution >= 0.6 is 0 Å². The van der Waals surface area contributed by atoms with Gasteiger partial charge in [0.05, 0.1) is 44.1 Å². The first-order valence-electron chi connectivity index (χ1n) is 41.3. The van der Waals surface area contributed by atoms with Gasteiger partial charge in [0.25, 0.3) is 0 Å². The number of rotatable bonds is 24. The first-order valence-corrected chi connectivity index (χ1v) is 41.3. The topological polar surface area (TPSA) is 92.2 Å². The first-order chi connectivity index (χ1) is 59.8. The van der Waals surface area contributed by atoms with Gasteiger partial charge < -0.3 is 46.7 Å². The Bertz CT molecular complexity index is 6340. The molecule has 0 spiro atoms. The molecule has 11 heteroatoms. The van der Waals surface area contributed by atoms with E-state index in [9.17, 15) is 4.79 Å². The Kier molecular flexibility index (Phi) is 19.6. The maximum absolute atomic E-state index is 14.3. The van der Waals surface area contributed by atoms with Crippen LogP contribution in [0.1, 0.15) is 63.8 Å². The summed E-state index contributed by atoms with van der Waals surface area (Å²) in [6.45, 7) is 1.94. The molecule has 20 aromatic rings. The number of allylic oxidation sites excluding steroid dienone is 2. The molecule has 0 atom stereocenters. The number of fused-ring (bicyclic) bond motifs is 12. The van der Waals surface area contributed by atoms with Crippen LogP contribution < -0.4 is 28.4 Å². The number of carbonyl (C=O) groups is 1. The second-order valence-corrected chi connectivity index (χ2v) is 31.2. The van der Waals surface area contributed by atoms with E-state index in [0.29, 0.717) is 73.8 Å². The minimum Gasteiger partial charge on any atom is -0.489 e. The molecule has 121 heavy (non-hydrogen) atoms. The molecular weight excluding hydrogens is 1490 g/mol. The van der Waals surface area contributed by atoms with E-state index < -0.39 is 0 Å². The average molecular weight is 1570 g/mol. The molecule has 4 aromatic heterocycles. The van der Waals surface area contributed by atoms with Crippen molar-refractivity contribution in [1.29, 1.82) is 0 Å². The van der Waals surface area contributed by atoms with E-state index in [1.54, 1.807) is 0 Å². The highest BCUT2D eigenvalue weighted by Gasteiger charge is 2.23. The molecule has 0 bridgehead atoms. The van der Waals surface area contributed by atoms with Gasteiger partial charge in [-0.1, -0.05) is 218 Å². The van der Waals surface area contributed by atoms with E-state index in [2.05, 4.69) is 309 Å². The second kappa shape index (κ2) is 32.3. The summed E-state index contributed by atoms with van der Waals surface area (Å²) in [4.78, 5) is 14.3. The summed E-state index contributed by atoms with van der Waals surface area (Å²) in [5.41, 5.74) is 23.0. The van der Waals surface area contributed by atoms with Gasteiger partial charge in [-0.3, -0.25) is 4.79 Å². The Morgan fingerprint density at radius 1 is 0.215 bits per heavy atom. The van der Waals surface area contributed by atoms with Gasteiger partial charge in [0, 0.05) is 89.1 Å². The van der Waals surface area contributed by atoms with Crippen LogP contribution in [-0.2, 0) is 44.4 Å².